The number of para-hydroxylation sites is 4. The van der Waals surface area contributed by atoms with E-state index in [9.17, 15) is 0 Å². The minimum Gasteiger partial charge on any atom is -0.456 e. The second-order valence-electron chi connectivity index (χ2n) is 16.0. The van der Waals surface area contributed by atoms with Crippen LogP contribution in [0.4, 0.5) is 17.1 Å². The maximum absolute atomic E-state index is 6.54. The van der Waals surface area contributed by atoms with E-state index in [1.54, 1.807) is 0 Å². The predicted octanol–water partition coefficient (Wildman–Crippen LogP) is 16.5. The molecule has 10 aromatic carbocycles. The molecule has 0 unspecified atom stereocenters. The topological polar surface area (TPSA) is 34.5 Å². The van der Waals surface area contributed by atoms with Gasteiger partial charge < -0.3 is 18.3 Å². The van der Waals surface area contributed by atoms with Crippen molar-refractivity contribution in [1.29, 1.82) is 0 Å². The number of rotatable bonds is 6. The molecule has 0 spiro atoms. The number of anilines is 3. The molecule has 0 N–H and O–H groups in total. The molecule has 0 amide bonds. The Morgan fingerprint density at radius 2 is 0.952 bits per heavy atom. The molecule has 0 atom stereocenters. The van der Waals surface area contributed by atoms with Crippen LogP contribution in [0.2, 0.25) is 0 Å². The van der Waals surface area contributed by atoms with Crippen LogP contribution >= 0.6 is 0 Å². The summed E-state index contributed by atoms with van der Waals surface area (Å²) in [5, 5.41) is 9.27. The molecule has 13 rings (SSSR count). The normalized spacial score (nSPS) is 11.9. The van der Waals surface area contributed by atoms with Crippen LogP contribution in [-0.4, -0.2) is 4.57 Å². The zero-order chi connectivity index (χ0) is 40.7. The van der Waals surface area contributed by atoms with E-state index < -0.39 is 0 Å². The van der Waals surface area contributed by atoms with Crippen molar-refractivity contribution in [3.63, 3.8) is 0 Å². The fraction of sp³-hybridized carbons (Fsp3) is 0. The van der Waals surface area contributed by atoms with Crippen LogP contribution in [0.3, 0.4) is 0 Å². The molecule has 62 heavy (non-hydrogen) atoms. The Labute approximate surface area is 356 Å². The van der Waals surface area contributed by atoms with Gasteiger partial charge in [-0.25, -0.2) is 0 Å². The molecule has 0 bridgehead atoms. The maximum Gasteiger partial charge on any atom is 0.143 e. The first kappa shape index (κ1) is 34.5. The van der Waals surface area contributed by atoms with Gasteiger partial charge in [0.2, 0.25) is 0 Å². The van der Waals surface area contributed by atoms with E-state index in [2.05, 4.69) is 216 Å². The highest BCUT2D eigenvalue weighted by atomic mass is 16.3. The van der Waals surface area contributed by atoms with Crippen molar-refractivity contribution in [1.82, 2.24) is 4.57 Å². The Balaban J connectivity index is 0.977. The fourth-order valence-electron chi connectivity index (χ4n) is 9.77. The molecule has 0 saturated heterocycles. The smallest absolute Gasteiger partial charge is 0.143 e. The van der Waals surface area contributed by atoms with E-state index in [1.165, 1.54) is 27.2 Å². The van der Waals surface area contributed by atoms with Crippen LogP contribution < -0.4 is 4.90 Å². The number of hydrogen-bond acceptors (Lipinski definition) is 3. The molecule has 0 radical (unpaired) electrons. The summed E-state index contributed by atoms with van der Waals surface area (Å²) in [6, 6.07) is 78.0. The fourth-order valence-corrected chi connectivity index (χ4v) is 9.77. The van der Waals surface area contributed by atoms with Crippen molar-refractivity contribution in [3.05, 3.63) is 218 Å². The van der Waals surface area contributed by atoms with Gasteiger partial charge in [-0.3, -0.25) is 0 Å². The Bertz CT molecular complexity index is 3810. The third-order valence-electron chi connectivity index (χ3n) is 12.6. The van der Waals surface area contributed by atoms with Crippen molar-refractivity contribution in [3.8, 4) is 27.9 Å². The molecule has 0 aliphatic rings. The van der Waals surface area contributed by atoms with Gasteiger partial charge in [0.15, 0.2) is 0 Å². The number of benzene rings is 10. The summed E-state index contributed by atoms with van der Waals surface area (Å²) >= 11 is 0. The van der Waals surface area contributed by atoms with Gasteiger partial charge in [0.1, 0.15) is 22.3 Å². The largest absolute Gasteiger partial charge is 0.456 e. The van der Waals surface area contributed by atoms with Crippen LogP contribution in [0.25, 0.3) is 104 Å². The summed E-state index contributed by atoms with van der Waals surface area (Å²) in [5.41, 5.74) is 14.8. The second-order valence-corrected chi connectivity index (χ2v) is 16.0. The molecular formula is C58H36N2O2. The molecule has 4 nitrogen and oxygen atoms in total. The lowest BCUT2D eigenvalue weighted by molar-refractivity contribution is 0.669. The highest BCUT2D eigenvalue weighted by Gasteiger charge is 2.21. The summed E-state index contributed by atoms with van der Waals surface area (Å²) in [4.78, 5) is 2.38. The van der Waals surface area contributed by atoms with Crippen molar-refractivity contribution >= 4 is 93.5 Å². The lowest BCUT2D eigenvalue weighted by Crippen LogP contribution is -2.11. The van der Waals surface area contributed by atoms with Crippen LogP contribution in [0.5, 0.6) is 0 Å². The van der Waals surface area contributed by atoms with Gasteiger partial charge in [-0.2, -0.15) is 0 Å². The van der Waals surface area contributed by atoms with Crippen LogP contribution in [-0.2, 0) is 0 Å². The van der Waals surface area contributed by atoms with E-state index >= 15 is 0 Å². The van der Waals surface area contributed by atoms with E-state index in [0.29, 0.717) is 0 Å². The standard InChI is InChI=1S/C58H36N2O2/c1-2-14-45-37(12-1)26-34-48-50-36-39(27-35-55(50)62-58(45)48)43-13-3-7-19-51(43)59(40-28-24-38(25-29-40)44-18-11-23-56-57(44)49-17-6-10-22-54(49)61-56)41-30-32-42(33-31-41)60-52-20-8-4-15-46(52)47-16-5-9-21-53(47)60/h1-36H. The average Bonchev–Trinajstić information content (AvgIpc) is 4.02. The number of nitrogens with zero attached hydrogens (tertiary/aromatic N) is 2. The Morgan fingerprint density at radius 3 is 1.74 bits per heavy atom. The quantitative estimate of drug-likeness (QED) is 0.168. The summed E-state index contributed by atoms with van der Waals surface area (Å²) in [5.74, 6) is 0. The molecule has 0 saturated carbocycles. The third kappa shape index (κ3) is 5.27. The van der Waals surface area contributed by atoms with E-state index in [1.807, 2.05) is 12.1 Å². The Hall–Kier alpha value is -8.34. The zero-order valence-electron chi connectivity index (χ0n) is 33.5. The monoisotopic (exact) mass is 792 g/mol. The van der Waals surface area contributed by atoms with Gasteiger partial charge in [0, 0.05) is 60.3 Å². The highest BCUT2D eigenvalue weighted by molar-refractivity contribution is 6.16. The van der Waals surface area contributed by atoms with Crippen molar-refractivity contribution in [2.45, 2.75) is 0 Å². The molecule has 0 fully saturated rings. The van der Waals surface area contributed by atoms with Crippen LogP contribution in [0.1, 0.15) is 0 Å². The van der Waals surface area contributed by atoms with Crippen LogP contribution in [0.15, 0.2) is 227 Å². The summed E-state index contributed by atoms with van der Waals surface area (Å²) in [6.07, 6.45) is 0. The second kappa shape index (κ2) is 13.6. The van der Waals surface area contributed by atoms with Crippen molar-refractivity contribution in [2.75, 3.05) is 4.90 Å². The van der Waals surface area contributed by atoms with E-state index in [4.69, 9.17) is 8.83 Å². The van der Waals surface area contributed by atoms with Gasteiger partial charge in [0.05, 0.1) is 16.7 Å². The van der Waals surface area contributed by atoms with Crippen LogP contribution in [0, 0.1) is 0 Å². The Morgan fingerprint density at radius 1 is 0.355 bits per heavy atom. The molecule has 290 valence electrons. The SMILES string of the molecule is c1ccc(N(c2ccc(-c3cccc4oc5ccccc5c34)cc2)c2ccc(-n3c4ccccc4c4ccccc43)cc2)c(-c2ccc3oc4c5ccccc5ccc4c3c2)c1. The first-order chi connectivity index (χ1) is 30.7. The number of fused-ring (bicyclic) bond motifs is 11. The van der Waals surface area contributed by atoms with E-state index in [-0.39, 0.29) is 0 Å². The zero-order valence-corrected chi connectivity index (χ0v) is 33.5. The third-order valence-corrected chi connectivity index (χ3v) is 12.6. The van der Waals surface area contributed by atoms with Gasteiger partial charge >= 0.3 is 0 Å². The molecule has 3 aromatic heterocycles. The number of hydrogen-bond donors (Lipinski definition) is 0. The maximum atomic E-state index is 6.54. The van der Waals surface area contributed by atoms with Gasteiger partial charge in [-0.05, 0) is 107 Å². The summed E-state index contributed by atoms with van der Waals surface area (Å²) in [6.45, 7) is 0. The summed E-state index contributed by atoms with van der Waals surface area (Å²) in [7, 11) is 0. The molecule has 13 aromatic rings. The van der Waals surface area contributed by atoms with Gasteiger partial charge in [0.25, 0.3) is 0 Å². The lowest BCUT2D eigenvalue weighted by Gasteiger charge is -2.28. The minimum atomic E-state index is 0.881. The van der Waals surface area contributed by atoms with Crippen molar-refractivity contribution in [2.24, 2.45) is 0 Å². The molecular weight excluding hydrogens is 757 g/mol. The molecule has 3 heterocycles. The predicted molar refractivity (Wildman–Crippen MR) is 258 cm³/mol. The van der Waals surface area contributed by atoms with Gasteiger partial charge in [-0.1, -0.05) is 133 Å². The minimum absolute atomic E-state index is 0.881. The summed E-state index contributed by atoms with van der Waals surface area (Å²) < 4.78 is 15.2. The molecule has 0 aliphatic heterocycles. The molecule has 4 heteroatoms. The van der Waals surface area contributed by atoms with E-state index in [0.717, 1.165) is 94.3 Å². The Kier molecular flexibility index (Phi) is 7.57. The lowest BCUT2D eigenvalue weighted by atomic mass is 9.98. The van der Waals surface area contributed by atoms with Crippen molar-refractivity contribution < 1.29 is 8.83 Å². The molecule has 0 aliphatic carbocycles. The average molecular weight is 793 g/mol. The number of aromatic nitrogens is 1. The van der Waals surface area contributed by atoms with Gasteiger partial charge in [-0.15, -0.1) is 0 Å². The first-order valence-electron chi connectivity index (χ1n) is 21.1. The highest BCUT2D eigenvalue weighted by Crippen LogP contribution is 2.45. The number of furan rings is 2. The first-order valence-corrected chi connectivity index (χ1v) is 21.1.